The Kier molecular flexibility index (Phi) is 7.93. The minimum atomic E-state index is -2.34. The van der Waals surface area contributed by atoms with Gasteiger partial charge in [0, 0.05) is 22.4 Å². The number of phenolic OH excluding ortho intramolecular Hbond substituents is 1. The van der Waals surface area contributed by atoms with Crippen LogP contribution in [-0.2, 0) is 19.5 Å². The van der Waals surface area contributed by atoms with Crippen molar-refractivity contribution in [2.24, 2.45) is 0 Å². The van der Waals surface area contributed by atoms with Crippen LogP contribution in [-0.4, -0.2) is 66.6 Å². The molecule has 11 heteroatoms. The van der Waals surface area contributed by atoms with Crippen molar-refractivity contribution in [3.8, 4) is 29.4 Å². The van der Waals surface area contributed by atoms with Crippen molar-refractivity contribution in [3.05, 3.63) is 76.9 Å². The zero-order valence-corrected chi connectivity index (χ0v) is 27.7. The second-order valence-electron chi connectivity index (χ2n) is 12.1. The maximum absolute atomic E-state index is 14.4. The van der Waals surface area contributed by atoms with Crippen LogP contribution in [0, 0.1) is 23.7 Å². The molecule has 4 N–H and O–H groups in total. The van der Waals surface area contributed by atoms with E-state index in [9.17, 15) is 24.6 Å². The number of hydrogen-bond donors (Lipinski definition) is 3. The number of aromatic hydroxyl groups is 1. The normalized spacial score (nSPS) is 26.1. The number of nitrogens with zero attached hydrogens (tertiary/aromatic N) is 1. The van der Waals surface area contributed by atoms with E-state index < -0.39 is 61.2 Å². The number of epoxide rings is 1. The molecule has 47 heavy (non-hydrogen) atoms. The van der Waals surface area contributed by atoms with Crippen molar-refractivity contribution in [3.63, 3.8) is 0 Å². The number of phenols is 1. The van der Waals surface area contributed by atoms with Crippen LogP contribution < -0.4 is 10.6 Å². The molecule has 0 saturated carbocycles. The average Bonchev–Trinajstić information content (AvgIpc) is 3.79. The summed E-state index contributed by atoms with van der Waals surface area (Å²) in [6.45, 7) is 11.6. The molecule has 242 valence electrons. The van der Waals surface area contributed by atoms with Gasteiger partial charge in [-0.05, 0) is 61.5 Å². The molecule has 2 aliphatic carbocycles. The highest BCUT2D eigenvalue weighted by Crippen LogP contribution is 2.69. The molecule has 6 rings (SSSR count). The lowest BCUT2D eigenvalue weighted by atomic mass is 9.68. The van der Waals surface area contributed by atoms with E-state index in [-0.39, 0.29) is 45.8 Å². The van der Waals surface area contributed by atoms with Gasteiger partial charge in [-0.3, -0.25) is 14.5 Å². The van der Waals surface area contributed by atoms with Gasteiger partial charge in [0.05, 0.1) is 22.9 Å². The first-order chi connectivity index (χ1) is 22.5. The number of ether oxygens (including phenoxy) is 2. The molecule has 4 aliphatic rings. The molecule has 0 radical (unpaired) electrons. The second-order valence-corrected chi connectivity index (χ2v) is 16.8. The van der Waals surface area contributed by atoms with Crippen LogP contribution in [0.4, 0.5) is 16.2 Å². The number of aliphatic hydroxyl groups is 1. The maximum atomic E-state index is 14.4. The van der Waals surface area contributed by atoms with Crippen molar-refractivity contribution < 1.29 is 38.5 Å². The number of anilines is 2. The minimum absolute atomic E-state index is 0.0184. The zero-order valence-electron chi connectivity index (χ0n) is 26.7. The van der Waals surface area contributed by atoms with Gasteiger partial charge in [0.1, 0.15) is 18.4 Å². The fourth-order valence-corrected chi connectivity index (χ4v) is 10.4. The van der Waals surface area contributed by atoms with E-state index in [1.807, 2.05) is 6.92 Å². The second kappa shape index (κ2) is 11.5. The molecule has 5 atom stereocenters. The van der Waals surface area contributed by atoms with Crippen LogP contribution in [0.25, 0.3) is 0 Å². The highest BCUT2D eigenvalue weighted by molar-refractivity contribution is 6.73. The number of aliphatic hydroxyl groups excluding tert-OH is 1. The minimum Gasteiger partial charge on any atom is -0.507 e. The van der Waals surface area contributed by atoms with E-state index in [1.165, 1.54) is 47.4 Å². The largest absolute Gasteiger partial charge is 0.507 e. The van der Waals surface area contributed by atoms with E-state index in [0.717, 1.165) is 18.1 Å². The highest BCUT2D eigenvalue weighted by atomic mass is 28.4. The van der Waals surface area contributed by atoms with Gasteiger partial charge in [0.2, 0.25) is 0 Å². The first kappa shape index (κ1) is 32.3. The van der Waals surface area contributed by atoms with Gasteiger partial charge < -0.3 is 29.8 Å². The number of rotatable bonds is 8. The average molecular weight is 653 g/mol. The van der Waals surface area contributed by atoms with Gasteiger partial charge in [0.15, 0.2) is 37.2 Å². The van der Waals surface area contributed by atoms with E-state index in [2.05, 4.69) is 51.0 Å². The van der Waals surface area contributed by atoms with Crippen LogP contribution in [0.5, 0.6) is 5.75 Å². The molecule has 2 aliphatic heterocycles. The van der Waals surface area contributed by atoms with E-state index in [1.54, 1.807) is 0 Å². The number of nitrogen functional groups attached to an aromatic ring is 1. The molecular weight excluding hydrogens is 616 g/mol. The zero-order chi connectivity index (χ0) is 33.9. The van der Waals surface area contributed by atoms with Gasteiger partial charge in [-0.25, -0.2) is 4.79 Å². The SMILES string of the molecule is C=CCOC(=O)N1c2c(cc(O)c3c2C(=O)c2ccc(N)cc2C3=O)[C@@]23O[C@@]2([C@@H](C)O[Si](CC)(CC)CC)[C@@H]1C#C/C=C\C#C[C@H]3O. The van der Waals surface area contributed by atoms with Crippen molar-refractivity contribution >= 4 is 37.4 Å². The molecule has 1 saturated heterocycles. The number of nitrogens with two attached hydrogens (primary N) is 1. The lowest BCUT2D eigenvalue weighted by Crippen LogP contribution is -2.63. The summed E-state index contributed by atoms with van der Waals surface area (Å²) in [4.78, 5) is 43.7. The summed E-state index contributed by atoms with van der Waals surface area (Å²) in [5, 5.41) is 23.5. The van der Waals surface area contributed by atoms with Crippen LogP contribution >= 0.6 is 0 Å². The van der Waals surface area contributed by atoms with Crippen LogP contribution in [0.3, 0.4) is 0 Å². The molecule has 2 heterocycles. The quantitative estimate of drug-likeness (QED) is 0.104. The standard InChI is InChI=1S/C36H36N2O8Si/c1-6-18-44-34(43)38-27-14-12-10-11-13-15-28(40)36(35(27,46-36)21(5)45-47(7-2,8-3)9-4)25-20-26(39)29-30(31(25)38)32(41)23-17-16-22(37)19-24(23)33(29)42/h6,10-11,16-17,19-21,27-28,39-40H,1,7-9,18,37H2,2-5H3/b11-10-/t21-,27+,28-,35+,36+/m1/s1. The molecule has 2 aromatic carbocycles. The maximum Gasteiger partial charge on any atom is 0.415 e. The van der Waals surface area contributed by atoms with Crippen LogP contribution in [0.2, 0.25) is 18.1 Å². The van der Waals surface area contributed by atoms with Gasteiger partial charge in [-0.2, -0.15) is 0 Å². The number of carbonyl (C=O) groups excluding carboxylic acids is 3. The van der Waals surface area contributed by atoms with E-state index in [4.69, 9.17) is 19.6 Å². The molecule has 0 unspecified atom stereocenters. The fraction of sp³-hybridized carbons (Fsp3) is 0.361. The molecule has 0 aromatic heterocycles. The summed E-state index contributed by atoms with van der Waals surface area (Å²) in [6.07, 6.45) is 1.18. The van der Waals surface area contributed by atoms with Crippen LogP contribution in [0.1, 0.15) is 65.1 Å². The van der Waals surface area contributed by atoms with Gasteiger partial charge >= 0.3 is 6.09 Å². The molecule has 0 spiro atoms. The number of amides is 1. The van der Waals surface area contributed by atoms with Gasteiger partial charge in [-0.15, -0.1) is 0 Å². The third kappa shape index (κ3) is 4.42. The summed E-state index contributed by atoms with van der Waals surface area (Å²) in [7, 11) is -2.34. The fourth-order valence-electron chi connectivity index (χ4n) is 7.44. The van der Waals surface area contributed by atoms with Crippen molar-refractivity contribution in [1.29, 1.82) is 0 Å². The lowest BCUT2D eigenvalue weighted by molar-refractivity contribution is 0.0887. The highest BCUT2D eigenvalue weighted by Gasteiger charge is 2.84. The number of benzene rings is 2. The third-order valence-electron chi connectivity index (χ3n) is 10.0. The molecule has 10 nitrogen and oxygen atoms in total. The number of carbonyl (C=O) groups is 3. The molecule has 1 amide bonds. The van der Waals surface area contributed by atoms with Crippen molar-refractivity contribution in [2.45, 2.75) is 75.3 Å². The first-order valence-corrected chi connectivity index (χ1v) is 18.2. The van der Waals surface area contributed by atoms with E-state index >= 15 is 0 Å². The summed E-state index contributed by atoms with van der Waals surface area (Å²) < 4.78 is 19.3. The summed E-state index contributed by atoms with van der Waals surface area (Å²) >= 11 is 0. The summed E-state index contributed by atoms with van der Waals surface area (Å²) in [6, 6.07) is 6.81. The molecule has 1 fully saturated rings. The Morgan fingerprint density at radius 2 is 1.77 bits per heavy atom. The number of hydrogen-bond acceptors (Lipinski definition) is 9. The lowest BCUT2D eigenvalue weighted by Gasteiger charge is -2.45. The Morgan fingerprint density at radius 3 is 2.43 bits per heavy atom. The van der Waals surface area contributed by atoms with E-state index in [0.29, 0.717) is 0 Å². The van der Waals surface area contributed by atoms with Gasteiger partial charge in [0.25, 0.3) is 0 Å². The number of ketones is 2. The topological polar surface area (TPSA) is 152 Å². The van der Waals surface area contributed by atoms with Crippen molar-refractivity contribution in [2.75, 3.05) is 17.2 Å². The Hall–Kier alpha value is -4.65. The Labute approximate surface area is 274 Å². The Morgan fingerprint density at radius 1 is 1.11 bits per heavy atom. The third-order valence-corrected chi connectivity index (χ3v) is 14.7. The Balaban J connectivity index is 1.71. The Bertz CT molecular complexity index is 1890. The molecule has 2 aromatic rings. The number of fused-ring (bicyclic) bond motifs is 4. The molecule has 2 bridgehead atoms. The van der Waals surface area contributed by atoms with Crippen molar-refractivity contribution in [1.82, 2.24) is 0 Å². The van der Waals surface area contributed by atoms with Crippen LogP contribution in [0.15, 0.2) is 49.1 Å². The predicted molar refractivity (Wildman–Crippen MR) is 178 cm³/mol. The predicted octanol–water partition coefficient (Wildman–Crippen LogP) is 4.57. The van der Waals surface area contributed by atoms with Gasteiger partial charge in [-0.1, -0.05) is 57.1 Å². The smallest absolute Gasteiger partial charge is 0.415 e. The number of allylic oxidation sites excluding steroid dienone is 2. The monoisotopic (exact) mass is 652 g/mol. The summed E-state index contributed by atoms with van der Waals surface area (Å²) in [5.74, 6) is 9.87. The summed E-state index contributed by atoms with van der Waals surface area (Å²) in [5.41, 5.74) is 2.49. The molecular formula is C36H36N2O8Si. The first-order valence-electron chi connectivity index (χ1n) is 15.7.